The van der Waals surface area contributed by atoms with Crippen LogP contribution in [0.2, 0.25) is 0 Å². The van der Waals surface area contributed by atoms with Gasteiger partial charge in [0.05, 0.1) is 10.5 Å². The van der Waals surface area contributed by atoms with Crippen molar-refractivity contribution in [1.82, 2.24) is 4.72 Å². The third-order valence-corrected chi connectivity index (χ3v) is 5.80. The predicted octanol–water partition coefficient (Wildman–Crippen LogP) is 4.55. The van der Waals surface area contributed by atoms with E-state index in [1.54, 1.807) is 6.07 Å². The second kappa shape index (κ2) is 7.01. The van der Waals surface area contributed by atoms with Crippen LogP contribution < -0.4 is 10.0 Å². The third-order valence-electron chi connectivity index (χ3n) is 3.82. The fourth-order valence-electron chi connectivity index (χ4n) is 2.56. The molecule has 2 amide bonds. The fraction of sp³-hybridized carbons (Fsp3) is 0.118. The van der Waals surface area contributed by atoms with Crippen LogP contribution in [0, 0.1) is 0 Å². The highest BCUT2D eigenvalue weighted by Crippen LogP contribution is 2.36. The maximum absolute atomic E-state index is 12.7. The maximum atomic E-state index is 12.7. The molecule has 0 atom stereocenters. The Morgan fingerprint density at radius 2 is 1.85 bits per heavy atom. The molecule has 0 spiro atoms. The summed E-state index contributed by atoms with van der Waals surface area (Å²) in [5, 5.41) is 2.20. The second-order valence-electron chi connectivity index (χ2n) is 5.72. The van der Waals surface area contributed by atoms with Crippen LogP contribution >= 0.6 is 15.9 Å². The molecule has 0 saturated heterocycles. The Morgan fingerprint density at radius 1 is 1.11 bits per heavy atom. The number of fused-ring (bicyclic) bond motifs is 1. The minimum Gasteiger partial charge on any atom is -0.307 e. The molecule has 2 aromatic rings. The molecule has 0 bridgehead atoms. The Bertz CT molecular complexity index is 1050. The Labute approximate surface area is 161 Å². The number of benzene rings is 2. The zero-order valence-corrected chi connectivity index (χ0v) is 15.9. The van der Waals surface area contributed by atoms with Crippen molar-refractivity contribution in [2.24, 2.45) is 0 Å². The number of urea groups is 1. The summed E-state index contributed by atoms with van der Waals surface area (Å²) in [6.07, 6.45) is -0.187. The summed E-state index contributed by atoms with van der Waals surface area (Å²) >= 11 is 2.78. The number of carbonyl (C=O) groups excluding carboxylic acids is 1. The highest BCUT2D eigenvalue weighted by Gasteiger charge is 2.33. The summed E-state index contributed by atoms with van der Waals surface area (Å²) in [5.41, 5.74) is 0.825. The first kappa shape index (κ1) is 19.4. The minimum absolute atomic E-state index is 0.000674. The number of nitrogens with one attached hydrogen (secondary N) is 2. The zero-order valence-electron chi connectivity index (χ0n) is 13.5. The van der Waals surface area contributed by atoms with Gasteiger partial charge in [-0.1, -0.05) is 34.1 Å². The predicted molar refractivity (Wildman–Crippen MR) is 97.7 cm³/mol. The molecule has 0 radical (unpaired) electrons. The number of hydrogen-bond donors (Lipinski definition) is 2. The highest BCUT2D eigenvalue weighted by atomic mass is 79.9. The van der Waals surface area contributed by atoms with Gasteiger partial charge in [-0.05, 0) is 47.9 Å². The lowest BCUT2D eigenvalue weighted by molar-refractivity contribution is -0.138. The van der Waals surface area contributed by atoms with E-state index in [1.165, 1.54) is 12.1 Å². The van der Waals surface area contributed by atoms with E-state index in [-0.39, 0.29) is 15.1 Å². The van der Waals surface area contributed by atoms with E-state index in [0.717, 1.165) is 29.3 Å². The van der Waals surface area contributed by atoms with E-state index >= 15 is 0 Å². The van der Waals surface area contributed by atoms with E-state index in [1.807, 2.05) is 16.9 Å². The largest absolute Gasteiger partial charge is 0.417 e. The average Bonchev–Trinajstić information content (AvgIpc) is 3.00. The van der Waals surface area contributed by atoms with Crippen molar-refractivity contribution < 1.29 is 26.4 Å². The Kier molecular flexibility index (Phi) is 5.04. The van der Waals surface area contributed by atoms with E-state index in [0.29, 0.717) is 6.42 Å². The van der Waals surface area contributed by atoms with Gasteiger partial charge in [0.15, 0.2) is 0 Å². The van der Waals surface area contributed by atoms with Crippen molar-refractivity contribution in [2.75, 3.05) is 5.32 Å². The topological polar surface area (TPSA) is 75.3 Å². The van der Waals surface area contributed by atoms with Gasteiger partial charge in [-0.3, -0.25) is 0 Å². The molecular weight excluding hydrogens is 449 g/mol. The van der Waals surface area contributed by atoms with Gasteiger partial charge in [0.1, 0.15) is 0 Å². The van der Waals surface area contributed by atoms with Crippen molar-refractivity contribution in [3.63, 3.8) is 0 Å². The quantitative estimate of drug-likeness (QED) is 0.705. The lowest BCUT2D eigenvalue weighted by Gasteiger charge is -2.12. The smallest absolute Gasteiger partial charge is 0.307 e. The molecule has 1 aliphatic carbocycles. The molecule has 3 rings (SSSR count). The molecule has 27 heavy (non-hydrogen) atoms. The first-order valence-electron chi connectivity index (χ1n) is 7.56. The van der Waals surface area contributed by atoms with Gasteiger partial charge >= 0.3 is 12.2 Å². The molecule has 0 fully saturated rings. The summed E-state index contributed by atoms with van der Waals surface area (Å²) in [4.78, 5) is 11.9. The molecule has 0 heterocycles. The number of sulfonamides is 1. The van der Waals surface area contributed by atoms with Crippen molar-refractivity contribution in [3.8, 4) is 0 Å². The van der Waals surface area contributed by atoms with Crippen LogP contribution in [-0.2, 0) is 22.6 Å². The molecule has 0 unspecified atom stereocenters. The molecule has 1 aliphatic rings. The molecule has 0 aliphatic heterocycles. The first-order chi connectivity index (χ1) is 12.6. The van der Waals surface area contributed by atoms with Gasteiger partial charge in [0.25, 0.3) is 10.0 Å². The van der Waals surface area contributed by atoms with Gasteiger partial charge in [-0.15, -0.1) is 0 Å². The SMILES string of the molecule is O=C(Nc1ccc(C(F)(F)F)c(Br)c1)NS(=O)(=O)c1ccc2c(c1)CC=C2. The second-order valence-corrected chi connectivity index (χ2v) is 8.26. The van der Waals surface area contributed by atoms with Crippen molar-refractivity contribution in [2.45, 2.75) is 17.5 Å². The highest BCUT2D eigenvalue weighted by molar-refractivity contribution is 9.10. The van der Waals surface area contributed by atoms with E-state index < -0.39 is 27.8 Å². The van der Waals surface area contributed by atoms with Gasteiger partial charge < -0.3 is 5.32 Å². The third kappa shape index (κ3) is 4.33. The summed E-state index contributed by atoms with van der Waals surface area (Å²) in [5.74, 6) is 0. The van der Waals surface area contributed by atoms with Crippen molar-refractivity contribution in [3.05, 3.63) is 63.6 Å². The molecule has 0 saturated carbocycles. The number of alkyl halides is 3. The van der Waals surface area contributed by atoms with E-state index in [9.17, 15) is 26.4 Å². The van der Waals surface area contributed by atoms with Crippen molar-refractivity contribution in [1.29, 1.82) is 0 Å². The lowest BCUT2D eigenvalue weighted by Crippen LogP contribution is -2.34. The molecule has 10 heteroatoms. The molecular formula is C17H12BrF3N2O3S. The molecule has 5 nitrogen and oxygen atoms in total. The summed E-state index contributed by atoms with van der Waals surface area (Å²) in [6.45, 7) is 0. The standard InChI is InChI=1S/C17H12BrF3N2O3S/c18-15-9-12(5-7-14(15)17(19,20)21)22-16(24)23-27(25,26)13-6-4-10-2-1-3-11(10)8-13/h1-2,4-9H,3H2,(H2,22,23,24). The summed E-state index contributed by atoms with van der Waals surface area (Å²) < 4.78 is 64.4. The zero-order chi connectivity index (χ0) is 19.8. The molecule has 2 aromatic carbocycles. The Morgan fingerprint density at radius 3 is 2.52 bits per heavy atom. The molecule has 0 aromatic heterocycles. The monoisotopic (exact) mass is 460 g/mol. The van der Waals surface area contributed by atoms with Crippen molar-refractivity contribution >= 4 is 43.7 Å². The normalized spacial score (nSPS) is 13.3. The van der Waals surface area contributed by atoms with Gasteiger partial charge in [0.2, 0.25) is 0 Å². The lowest BCUT2D eigenvalue weighted by atomic mass is 10.1. The van der Waals surface area contributed by atoms with E-state index in [2.05, 4.69) is 21.2 Å². The first-order valence-corrected chi connectivity index (χ1v) is 9.84. The fourth-order valence-corrected chi connectivity index (χ4v) is 4.12. The van der Waals surface area contributed by atoms with Crippen LogP contribution in [0.15, 0.2) is 51.8 Å². The van der Waals surface area contributed by atoms with Gasteiger partial charge in [0, 0.05) is 10.2 Å². The van der Waals surface area contributed by atoms with Gasteiger partial charge in [-0.2, -0.15) is 13.2 Å². The van der Waals surface area contributed by atoms with E-state index in [4.69, 9.17) is 0 Å². The summed E-state index contributed by atoms with van der Waals surface area (Å²) in [6, 6.07) is 6.25. The van der Waals surface area contributed by atoms with Crippen LogP contribution in [0.5, 0.6) is 0 Å². The van der Waals surface area contributed by atoms with Crippen LogP contribution in [0.3, 0.4) is 0 Å². The van der Waals surface area contributed by atoms with Crippen LogP contribution in [0.1, 0.15) is 16.7 Å². The van der Waals surface area contributed by atoms with Crippen LogP contribution in [0.4, 0.5) is 23.7 Å². The number of halogens is 4. The van der Waals surface area contributed by atoms with Crippen LogP contribution in [0.25, 0.3) is 6.08 Å². The number of anilines is 1. The van der Waals surface area contributed by atoms with Gasteiger partial charge in [-0.25, -0.2) is 17.9 Å². The van der Waals surface area contributed by atoms with Crippen LogP contribution in [-0.4, -0.2) is 14.4 Å². The summed E-state index contributed by atoms with van der Waals surface area (Å²) in [7, 11) is -4.12. The average molecular weight is 461 g/mol. The number of hydrogen-bond acceptors (Lipinski definition) is 3. The number of amides is 2. The Hall–Kier alpha value is -2.33. The number of allylic oxidation sites excluding steroid dienone is 1. The molecule has 142 valence electrons. The number of carbonyl (C=O) groups is 1. The minimum atomic E-state index is -4.55. The Balaban J connectivity index is 1.73. The number of rotatable bonds is 3. The maximum Gasteiger partial charge on any atom is 0.417 e. The molecule has 2 N–H and O–H groups in total.